The highest BCUT2D eigenvalue weighted by molar-refractivity contribution is 7.90. The Hall–Kier alpha value is -1.34. The summed E-state index contributed by atoms with van der Waals surface area (Å²) in [5, 5.41) is 2.57. The number of pyridine rings is 1. The van der Waals surface area contributed by atoms with Gasteiger partial charge in [-0.25, -0.2) is 13.4 Å². The molecule has 0 aliphatic rings. The first-order valence-electron chi connectivity index (χ1n) is 4.67. The van der Waals surface area contributed by atoms with Crippen LogP contribution in [-0.4, -0.2) is 37.9 Å². The van der Waals surface area contributed by atoms with Crippen LogP contribution in [0.25, 0.3) is 0 Å². The van der Waals surface area contributed by atoms with Crippen LogP contribution < -0.4 is 11.1 Å². The van der Waals surface area contributed by atoms with Gasteiger partial charge in [0, 0.05) is 12.8 Å². The van der Waals surface area contributed by atoms with Gasteiger partial charge < -0.3 is 11.1 Å². The Morgan fingerprint density at radius 1 is 1.53 bits per heavy atom. The molecule has 0 atom stereocenters. The van der Waals surface area contributed by atoms with E-state index >= 15 is 0 Å². The van der Waals surface area contributed by atoms with Gasteiger partial charge in [0.05, 0.1) is 10.8 Å². The van der Waals surface area contributed by atoms with Crippen molar-refractivity contribution in [2.24, 2.45) is 0 Å². The molecule has 1 aromatic heterocycles. The molecule has 0 aliphatic heterocycles. The number of aromatic nitrogens is 1. The van der Waals surface area contributed by atoms with Gasteiger partial charge in [-0.1, -0.05) is 11.6 Å². The number of anilines is 1. The van der Waals surface area contributed by atoms with Crippen molar-refractivity contribution in [2.45, 2.75) is 0 Å². The van der Waals surface area contributed by atoms with Gasteiger partial charge in [0.2, 0.25) is 0 Å². The number of nitrogen functional groups attached to an aromatic ring is 1. The van der Waals surface area contributed by atoms with Crippen molar-refractivity contribution in [3.05, 3.63) is 22.8 Å². The van der Waals surface area contributed by atoms with Crippen molar-refractivity contribution in [3.8, 4) is 0 Å². The number of nitrogens with two attached hydrogens (primary N) is 1. The molecule has 0 radical (unpaired) electrons. The van der Waals surface area contributed by atoms with E-state index in [4.69, 9.17) is 17.3 Å². The molecular weight excluding hydrogens is 266 g/mol. The lowest BCUT2D eigenvalue weighted by atomic mass is 10.3. The fourth-order valence-electron chi connectivity index (χ4n) is 1.05. The van der Waals surface area contributed by atoms with Gasteiger partial charge in [-0.3, -0.25) is 4.79 Å². The number of hydrogen-bond donors (Lipinski definition) is 2. The van der Waals surface area contributed by atoms with Gasteiger partial charge in [-0.2, -0.15) is 0 Å². The maximum Gasteiger partial charge on any atom is 0.271 e. The van der Waals surface area contributed by atoms with Gasteiger partial charge in [0.25, 0.3) is 5.91 Å². The summed E-state index contributed by atoms with van der Waals surface area (Å²) in [5.74, 6) is -0.521. The number of halogens is 1. The van der Waals surface area contributed by atoms with Gasteiger partial charge in [-0.15, -0.1) is 0 Å². The number of nitrogens with zero attached hydrogens (tertiary/aromatic N) is 1. The zero-order valence-corrected chi connectivity index (χ0v) is 10.7. The van der Waals surface area contributed by atoms with E-state index in [1.165, 1.54) is 12.1 Å². The molecule has 3 N–H and O–H groups in total. The fourth-order valence-corrected chi connectivity index (χ4v) is 1.71. The predicted molar refractivity (Wildman–Crippen MR) is 65.7 cm³/mol. The van der Waals surface area contributed by atoms with Crippen LogP contribution in [0.4, 0.5) is 5.82 Å². The second kappa shape index (κ2) is 5.33. The molecule has 1 amide bonds. The van der Waals surface area contributed by atoms with Gasteiger partial charge in [-0.05, 0) is 12.1 Å². The molecule has 94 valence electrons. The zero-order chi connectivity index (χ0) is 13.1. The smallest absolute Gasteiger partial charge is 0.271 e. The molecule has 0 saturated heterocycles. The second-order valence-electron chi connectivity index (χ2n) is 3.45. The third kappa shape index (κ3) is 4.58. The molecule has 0 aliphatic carbocycles. The molecule has 17 heavy (non-hydrogen) atoms. The molecule has 0 saturated carbocycles. The number of amides is 1. The first kappa shape index (κ1) is 13.7. The van der Waals surface area contributed by atoms with Crippen molar-refractivity contribution in [1.82, 2.24) is 10.3 Å². The molecule has 0 aromatic carbocycles. The summed E-state index contributed by atoms with van der Waals surface area (Å²) in [6.07, 6.45) is 1.09. The highest BCUT2D eigenvalue weighted by Crippen LogP contribution is 2.14. The van der Waals surface area contributed by atoms with Crippen molar-refractivity contribution in [3.63, 3.8) is 0 Å². The molecule has 0 unspecified atom stereocenters. The molecule has 0 bridgehead atoms. The van der Waals surface area contributed by atoms with Crippen LogP contribution in [-0.2, 0) is 9.84 Å². The summed E-state index contributed by atoms with van der Waals surface area (Å²) in [5.41, 5.74) is 5.40. The Kier molecular flexibility index (Phi) is 4.30. The van der Waals surface area contributed by atoms with E-state index in [1.807, 2.05) is 0 Å². The SMILES string of the molecule is CS(=O)(=O)CCNC(=O)c1nc(N)ccc1Cl. The van der Waals surface area contributed by atoms with Crippen molar-refractivity contribution in [1.29, 1.82) is 0 Å². The lowest BCUT2D eigenvalue weighted by Crippen LogP contribution is -2.29. The lowest BCUT2D eigenvalue weighted by Gasteiger charge is -2.05. The zero-order valence-electron chi connectivity index (χ0n) is 9.10. The van der Waals surface area contributed by atoms with Crippen LogP contribution in [0.15, 0.2) is 12.1 Å². The Morgan fingerprint density at radius 2 is 2.18 bits per heavy atom. The molecule has 1 rings (SSSR count). The third-order valence-corrected chi connectivity index (χ3v) is 3.09. The number of carbonyl (C=O) groups is 1. The Balaban J connectivity index is 2.67. The average molecular weight is 278 g/mol. The molecular formula is C9H12ClN3O3S. The topological polar surface area (TPSA) is 102 Å². The molecule has 6 nitrogen and oxygen atoms in total. The van der Waals surface area contributed by atoms with E-state index in [2.05, 4.69) is 10.3 Å². The van der Waals surface area contributed by atoms with Crippen LogP contribution in [0.5, 0.6) is 0 Å². The van der Waals surface area contributed by atoms with E-state index in [9.17, 15) is 13.2 Å². The normalized spacial score (nSPS) is 11.2. The maximum atomic E-state index is 11.6. The minimum absolute atomic E-state index is 0.00444. The molecule has 1 aromatic rings. The molecule has 1 heterocycles. The van der Waals surface area contributed by atoms with Crippen molar-refractivity contribution >= 4 is 33.2 Å². The summed E-state index contributed by atoms with van der Waals surface area (Å²) in [6, 6.07) is 2.92. The number of hydrogen-bond acceptors (Lipinski definition) is 5. The first-order valence-corrected chi connectivity index (χ1v) is 7.11. The van der Waals surface area contributed by atoms with E-state index < -0.39 is 15.7 Å². The summed E-state index contributed by atoms with van der Waals surface area (Å²) < 4.78 is 21.7. The summed E-state index contributed by atoms with van der Waals surface area (Å²) in [7, 11) is -3.11. The highest BCUT2D eigenvalue weighted by atomic mass is 35.5. The minimum Gasteiger partial charge on any atom is -0.384 e. The first-order chi connectivity index (χ1) is 7.79. The number of sulfone groups is 1. The van der Waals surface area contributed by atoms with Gasteiger partial charge in [0.15, 0.2) is 0 Å². The van der Waals surface area contributed by atoms with Crippen molar-refractivity contribution in [2.75, 3.05) is 24.3 Å². The van der Waals surface area contributed by atoms with Crippen LogP contribution in [0.2, 0.25) is 5.02 Å². The summed E-state index contributed by atoms with van der Waals surface area (Å²) in [4.78, 5) is 15.4. The van der Waals surface area contributed by atoms with Crippen molar-refractivity contribution < 1.29 is 13.2 Å². The molecule has 0 fully saturated rings. The number of nitrogens with one attached hydrogen (secondary N) is 1. The Bertz CT molecular complexity index is 530. The largest absolute Gasteiger partial charge is 0.384 e. The van der Waals surface area contributed by atoms with E-state index in [-0.39, 0.29) is 28.8 Å². The summed E-state index contributed by atoms with van der Waals surface area (Å²) >= 11 is 5.76. The van der Waals surface area contributed by atoms with Crippen LogP contribution in [0.1, 0.15) is 10.5 Å². The highest BCUT2D eigenvalue weighted by Gasteiger charge is 2.13. The predicted octanol–water partition coefficient (Wildman–Crippen LogP) is 0.0916. The van der Waals surface area contributed by atoms with Crippen LogP contribution in [0, 0.1) is 0 Å². The maximum absolute atomic E-state index is 11.6. The average Bonchev–Trinajstić information content (AvgIpc) is 2.19. The van der Waals surface area contributed by atoms with Crippen LogP contribution in [0.3, 0.4) is 0 Å². The third-order valence-electron chi connectivity index (χ3n) is 1.84. The molecule has 8 heteroatoms. The summed E-state index contributed by atoms with van der Waals surface area (Å²) in [6.45, 7) is 0.00444. The quantitative estimate of drug-likeness (QED) is 0.812. The van der Waals surface area contributed by atoms with Gasteiger partial charge in [0.1, 0.15) is 21.3 Å². The number of rotatable bonds is 4. The Morgan fingerprint density at radius 3 is 2.76 bits per heavy atom. The standard InChI is InChI=1S/C9H12ClN3O3S/c1-17(15,16)5-4-12-9(14)8-6(10)2-3-7(11)13-8/h2-3H,4-5H2,1H3,(H2,11,13)(H,12,14). The Labute approximate surface area is 104 Å². The fraction of sp³-hybridized carbons (Fsp3) is 0.333. The number of carbonyl (C=O) groups excluding carboxylic acids is 1. The van der Waals surface area contributed by atoms with E-state index in [0.717, 1.165) is 6.26 Å². The lowest BCUT2D eigenvalue weighted by molar-refractivity contribution is 0.0951. The minimum atomic E-state index is -3.11. The monoisotopic (exact) mass is 277 g/mol. The second-order valence-corrected chi connectivity index (χ2v) is 6.12. The van der Waals surface area contributed by atoms with E-state index in [1.54, 1.807) is 0 Å². The van der Waals surface area contributed by atoms with Gasteiger partial charge >= 0.3 is 0 Å². The van der Waals surface area contributed by atoms with Crippen LogP contribution >= 0.6 is 11.6 Å². The molecule has 0 spiro atoms. The van der Waals surface area contributed by atoms with E-state index in [0.29, 0.717) is 0 Å².